The molecule has 2 N–H and O–H groups in total. The summed E-state index contributed by atoms with van der Waals surface area (Å²) in [4.78, 5) is 16.1. The van der Waals surface area contributed by atoms with Crippen molar-refractivity contribution < 1.29 is 5.11 Å². The van der Waals surface area contributed by atoms with Crippen LogP contribution in [-0.4, -0.2) is 28.3 Å². The molecule has 0 radical (unpaired) electrons. The molecule has 0 aliphatic heterocycles. The van der Waals surface area contributed by atoms with Gasteiger partial charge in [0.2, 0.25) is 0 Å². The molecule has 1 heterocycles. The summed E-state index contributed by atoms with van der Waals surface area (Å²) < 4.78 is 1.48. The first-order valence-corrected chi connectivity index (χ1v) is 5.06. The van der Waals surface area contributed by atoms with E-state index in [1.807, 2.05) is 7.05 Å². The van der Waals surface area contributed by atoms with Crippen LogP contribution in [-0.2, 0) is 6.54 Å². The zero-order valence-corrected chi connectivity index (χ0v) is 8.97. The van der Waals surface area contributed by atoms with Crippen molar-refractivity contribution in [3.05, 3.63) is 34.9 Å². The molecule has 0 fully saturated rings. The van der Waals surface area contributed by atoms with E-state index >= 15 is 0 Å². The first-order valence-electron chi connectivity index (χ1n) is 5.06. The van der Waals surface area contributed by atoms with Crippen LogP contribution in [0.2, 0.25) is 0 Å². The van der Waals surface area contributed by atoms with Crippen molar-refractivity contribution in [2.24, 2.45) is 0 Å². The van der Waals surface area contributed by atoms with Gasteiger partial charge in [-0.2, -0.15) is 0 Å². The number of hydrogen-bond acceptors (Lipinski definition) is 4. The molecule has 2 rings (SSSR count). The predicted molar refractivity (Wildman–Crippen MR) is 61.6 cm³/mol. The van der Waals surface area contributed by atoms with Crippen LogP contribution in [0.4, 0.5) is 0 Å². The van der Waals surface area contributed by atoms with Crippen LogP contribution < -0.4 is 10.9 Å². The molecule has 2 aromatic rings. The molecule has 0 unspecified atom stereocenters. The second-order valence-corrected chi connectivity index (χ2v) is 3.52. The van der Waals surface area contributed by atoms with Crippen LogP contribution in [0.3, 0.4) is 0 Å². The van der Waals surface area contributed by atoms with E-state index in [1.54, 1.807) is 12.1 Å². The monoisotopic (exact) mass is 219 g/mol. The topological polar surface area (TPSA) is 67.2 Å². The predicted octanol–water partition coefficient (Wildman–Crippen LogP) is 0.321. The zero-order chi connectivity index (χ0) is 11.5. The molecule has 5 heteroatoms. The number of phenolic OH excluding ortho intramolecular Hbond substituents is 1. The summed E-state index contributed by atoms with van der Waals surface area (Å²) in [6.07, 6.45) is 1.50. The van der Waals surface area contributed by atoms with Crippen LogP contribution in [0.5, 0.6) is 5.75 Å². The number of phenols is 1. The van der Waals surface area contributed by atoms with Gasteiger partial charge in [0.15, 0.2) is 0 Å². The molecule has 84 valence electrons. The van der Waals surface area contributed by atoms with Crippen molar-refractivity contribution >= 4 is 10.9 Å². The Bertz CT molecular complexity index is 563. The highest BCUT2D eigenvalue weighted by Gasteiger charge is 2.07. The van der Waals surface area contributed by atoms with E-state index < -0.39 is 0 Å². The quantitative estimate of drug-likeness (QED) is 0.780. The Morgan fingerprint density at radius 2 is 2.31 bits per heavy atom. The van der Waals surface area contributed by atoms with Crippen LogP contribution in [0.15, 0.2) is 29.3 Å². The summed E-state index contributed by atoms with van der Waals surface area (Å²) in [5, 5.41) is 12.9. The van der Waals surface area contributed by atoms with Gasteiger partial charge in [0, 0.05) is 13.1 Å². The Morgan fingerprint density at radius 3 is 3.06 bits per heavy atom. The largest absolute Gasteiger partial charge is 0.507 e. The lowest BCUT2D eigenvalue weighted by molar-refractivity contribution is 0.480. The van der Waals surface area contributed by atoms with Crippen molar-refractivity contribution in [2.45, 2.75) is 6.54 Å². The molecule has 1 aromatic heterocycles. The fraction of sp³-hybridized carbons (Fsp3) is 0.273. The fourth-order valence-electron chi connectivity index (χ4n) is 1.57. The van der Waals surface area contributed by atoms with Gasteiger partial charge in [-0.3, -0.25) is 9.36 Å². The highest BCUT2D eigenvalue weighted by molar-refractivity contribution is 5.83. The fourth-order valence-corrected chi connectivity index (χ4v) is 1.57. The summed E-state index contributed by atoms with van der Waals surface area (Å²) in [6.45, 7) is 1.22. The van der Waals surface area contributed by atoms with E-state index in [1.165, 1.54) is 17.0 Å². The molecule has 0 bridgehead atoms. The van der Waals surface area contributed by atoms with Gasteiger partial charge in [0.05, 0.1) is 11.8 Å². The molecule has 0 atom stereocenters. The number of nitrogens with zero attached hydrogens (tertiary/aromatic N) is 2. The Morgan fingerprint density at radius 1 is 1.50 bits per heavy atom. The van der Waals surface area contributed by atoms with Gasteiger partial charge in [-0.1, -0.05) is 6.07 Å². The second-order valence-electron chi connectivity index (χ2n) is 3.52. The average Bonchev–Trinajstić information content (AvgIpc) is 2.28. The summed E-state index contributed by atoms with van der Waals surface area (Å²) in [5.74, 6) is -0.0196. The SMILES string of the molecule is CNCCn1cnc2cccc(O)c2c1=O. The third-order valence-electron chi connectivity index (χ3n) is 2.43. The van der Waals surface area contributed by atoms with Crippen molar-refractivity contribution in [2.75, 3.05) is 13.6 Å². The van der Waals surface area contributed by atoms with Gasteiger partial charge < -0.3 is 10.4 Å². The van der Waals surface area contributed by atoms with E-state index in [4.69, 9.17) is 0 Å². The number of aromatic hydroxyl groups is 1. The third-order valence-corrected chi connectivity index (χ3v) is 2.43. The number of nitrogens with one attached hydrogen (secondary N) is 1. The normalized spacial score (nSPS) is 10.8. The number of fused-ring (bicyclic) bond motifs is 1. The van der Waals surface area contributed by atoms with Gasteiger partial charge in [-0.05, 0) is 19.2 Å². The zero-order valence-electron chi connectivity index (χ0n) is 8.97. The molecular formula is C11H13N3O2. The number of likely N-dealkylation sites (N-methyl/N-ethyl adjacent to an activating group) is 1. The van der Waals surface area contributed by atoms with Gasteiger partial charge in [0.25, 0.3) is 5.56 Å². The molecule has 0 amide bonds. The maximum atomic E-state index is 12.0. The second kappa shape index (κ2) is 4.32. The first kappa shape index (κ1) is 10.6. The van der Waals surface area contributed by atoms with E-state index in [-0.39, 0.29) is 16.7 Å². The van der Waals surface area contributed by atoms with Crippen molar-refractivity contribution in [1.82, 2.24) is 14.9 Å². The lowest BCUT2D eigenvalue weighted by atomic mass is 10.2. The Hall–Kier alpha value is -1.88. The van der Waals surface area contributed by atoms with E-state index in [9.17, 15) is 9.90 Å². The van der Waals surface area contributed by atoms with Crippen LogP contribution in [0.1, 0.15) is 0 Å². The third kappa shape index (κ3) is 1.77. The van der Waals surface area contributed by atoms with E-state index in [0.717, 1.165) is 0 Å². The van der Waals surface area contributed by atoms with Crippen molar-refractivity contribution in [3.8, 4) is 5.75 Å². The number of rotatable bonds is 3. The van der Waals surface area contributed by atoms with E-state index in [0.29, 0.717) is 18.6 Å². The number of hydrogen-bond donors (Lipinski definition) is 2. The number of benzene rings is 1. The van der Waals surface area contributed by atoms with Gasteiger partial charge in [-0.15, -0.1) is 0 Å². The minimum Gasteiger partial charge on any atom is -0.507 e. The lowest BCUT2D eigenvalue weighted by Crippen LogP contribution is -2.25. The first-order chi connectivity index (χ1) is 7.74. The van der Waals surface area contributed by atoms with Crippen molar-refractivity contribution in [3.63, 3.8) is 0 Å². The van der Waals surface area contributed by atoms with Crippen molar-refractivity contribution in [1.29, 1.82) is 0 Å². The molecular weight excluding hydrogens is 206 g/mol. The van der Waals surface area contributed by atoms with Gasteiger partial charge >= 0.3 is 0 Å². The molecule has 1 aromatic carbocycles. The van der Waals surface area contributed by atoms with Crippen LogP contribution in [0.25, 0.3) is 10.9 Å². The Kier molecular flexibility index (Phi) is 2.87. The molecule has 0 saturated heterocycles. The van der Waals surface area contributed by atoms with Gasteiger partial charge in [0.1, 0.15) is 11.1 Å². The minimum atomic E-state index is -0.210. The molecule has 0 saturated carbocycles. The highest BCUT2D eigenvalue weighted by atomic mass is 16.3. The number of aromatic nitrogens is 2. The summed E-state index contributed by atoms with van der Waals surface area (Å²) >= 11 is 0. The van der Waals surface area contributed by atoms with Crippen LogP contribution in [0, 0.1) is 0 Å². The minimum absolute atomic E-state index is 0.0196. The molecule has 0 aliphatic carbocycles. The molecule has 0 spiro atoms. The maximum absolute atomic E-state index is 12.0. The molecule has 5 nitrogen and oxygen atoms in total. The smallest absolute Gasteiger partial charge is 0.264 e. The summed E-state index contributed by atoms with van der Waals surface area (Å²) in [7, 11) is 1.82. The maximum Gasteiger partial charge on any atom is 0.264 e. The Balaban J connectivity index is 2.60. The lowest BCUT2D eigenvalue weighted by Gasteiger charge is -2.06. The molecule has 0 aliphatic rings. The standard InChI is InChI=1S/C11H13N3O2/c1-12-5-6-14-7-13-8-3-2-4-9(15)10(8)11(14)16/h2-4,7,12,15H,5-6H2,1H3. The van der Waals surface area contributed by atoms with E-state index in [2.05, 4.69) is 10.3 Å². The average molecular weight is 219 g/mol. The highest BCUT2D eigenvalue weighted by Crippen LogP contribution is 2.18. The molecule has 16 heavy (non-hydrogen) atoms. The summed E-state index contributed by atoms with van der Waals surface area (Å²) in [5.41, 5.74) is 0.309. The summed E-state index contributed by atoms with van der Waals surface area (Å²) in [6, 6.07) is 4.87. The van der Waals surface area contributed by atoms with Crippen LogP contribution >= 0.6 is 0 Å². The Labute approximate surface area is 92.4 Å². The van der Waals surface area contributed by atoms with Gasteiger partial charge in [-0.25, -0.2) is 4.98 Å².